The fourth-order valence-electron chi connectivity index (χ4n) is 3.61. The van der Waals surface area contributed by atoms with E-state index in [9.17, 15) is 4.79 Å². The molecular formula is C21H22BrN5O. The lowest BCUT2D eigenvalue weighted by Gasteiger charge is -2.15. The summed E-state index contributed by atoms with van der Waals surface area (Å²) in [4.78, 5) is 18.5. The third kappa shape index (κ3) is 4.15. The number of para-hydroxylation sites is 1. The summed E-state index contributed by atoms with van der Waals surface area (Å²) >= 11 is 3.34. The van der Waals surface area contributed by atoms with E-state index in [1.165, 1.54) is 11.3 Å². The Hall–Kier alpha value is -2.51. The van der Waals surface area contributed by atoms with Crippen LogP contribution in [-0.2, 0) is 24.2 Å². The molecule has 1 aliphatic carbocycles. The number of carbonyl (C=O) groups excluding carboxylic acids is 1. The number of fused-ring (bicyclic) bond motifs is 1. The minimum atomic E-state index is -0.0866. The van der Waals surface area contributed by atoms with Gasteiger partial charge < -0.3 is 5.32 Å². The van der Waals surface area contributed by atoms with Crippen LogP contribution in [0.2, 0.25) is 0 Å². The van der Waals surface area contributed by atoms with Gasteiger partial charge in [-0.2, -0.15) is 5.10 Å². The van der Waals surface area contributed by atoms with E-state index in [4.69, 9.17) is 5.10 Å². The van der Waals surface area contributed by atoms with Crippen molar-refractivity contribution in [1.82, 2.24) is 19.7 Å². The van der Waals surface area contributed by atoms with Crippen molar-refractivity contribution >= 4 is 27.7 Å². The monoisotopic (exact) mass is 439 g/mol. The van der Waals surface area contributed by atoms with Crippen LogP contribution >= 0.6 is 15.9 Å². The van der Waals surface area contributed by atoms with Crippen LogP contribution in [0.3, 0.4) is 0 Å². The highest BCUT2D eigenvalue weighted by molar-refractivity contribution is 9.10. The number of likely N-dealkylation sites (N-methyl/N-ethyl adjacent to an activating group) is 1. The molecule has 0 saturated carbocycles. The van der Waals surface area contributed by atoms with Gasteiger partial charge in [0.05, 0.1) is 17.9 Å². The Balaban J connectivity index is 1.44. The lowest BCUT2D eigenvalue weighted by atomic mass is 10.2. The molecule has 1 aromatic carbocycles. The molecule has 0 saturated heterocycles. The lowest BCUT2D eigenvalue weighted by Crippen LogP contribution is -2.30. The molecule has 0 aliphatic heterocycles. The predicted octanol–water partition coefficient (Wildman–Crippen LogP) is 3.59. The largest absolute Gasteiger partial charge is 0.310 e. The van der Waals surface area contributed by atoms with Crippen LogP contribution < -0.4 is 5.32 Å². The molecule has 1 N–H and O–H groups in total. The molecule has 0 fully saturated rings. The van der Waals surface area contributed by atoms with Crippen LogP contribution in [0.1, 0.15) is 23.4 Å². The van der Waals surface area contributed by atoms with Crippen molar-refractivity contribution in [3.63, 3.8) is 0 Å². The summed E-state index contributed by atoms with van der Waals surface area (Å²) in [7, 11) is 1.94. The van der Waals surface area contributed by atoms with Gasteiger partial charge in [-0.25, -0.2) is 9.67 Å². The molecule has 0 atom stereocenters. The number of aromatic nitrogens is 3. The summed E-state index contributed by atoms with van der Waals surface area (Å²) in [5.41, 5.74) is 4.80. The Bertz CT molecular complexity index is 968. The number of halogens is 1. The van der Waals surface area contributed by atoms with Crippen LogP contribution in [0.25, 0.3) is 5.69 Å². The molecule has 2 heterocycles. The van der Waals surface area contributed by atoms with E-state index in [2.05, 4.69) is 43.0 Å². The first-order chi connectivity index (χ1) is 13.6. The molecule has 0 radical (unpaired) electrons. The van der Waals surface area contributed by atoms with Gasteiger partial charge in [-0.1, -0.05) is 18.2 Å². The van der Waals surface area contributed by atoms with Crippen LogP contribution in [0.5, 0.6) is 0 Å². The van der Waals surface area contributed by atoms with Gasteiger partial charge in [0.2, 0.25) is 5.91 Å². The number of carbonyl (C=O) groups is 1. The van der Waals surface area contributed by atoms with Crippen molar-refractivity contribution < 1.29 is 4.79 Å². The fraction of sp³-hybridized carbons (Fsp3) is 0.286. The van der Waals surface area contributed by atoms with Gasteiger partial charge in [-0.05, 0) is 72.1 Å². The Labute approximate surface area is 172 Å². The van der Waals surface area contributed by atoms with Crippen LogP contribution in [-0.4, -0.2) is 39.2 Å². The van der Waals surface area contributed by atoms with Gasteiger partial charge in [0.15, 0.2) is 0 Å². The molecule has 2 aromatic heterocycles. The number of hydrogen-bond donors (Lipinski definition) is 1. The van der Waals surface area contributed by atoms with Gasteiger partial charge >= 0.3 is 0 Å². The topological polar surface area (TPSA) is 63.1 Å². The maximum atomic E-state index is 12.3. The van der Waals surface area contributed by atoms with Gasteiger partial charge in [-0.3, -0.25) is 9.69 Å². The summed E-state index contributed by atoms with van der Waals surface area (Å²) in [5.74, 6) is 0.465. The summed E-state index contributed by atoms with van der Waals surface area (Å²) in [6.07, 6.45) is 4.93. The Morgan fingerprint density at radius 2 is 2.04 bits per heavy atom. The first-order valence-corrected chi connectivity index (χ1v) is 10.1. The zero-order chi connectivity index (χ0) is 19.5. The van der Waals surface area contributed by atoms with Crippen molar-refractivity contribution in [2.24, 2.45) is 0 Å². The van der Waals surface area contributed by atoms with E-state index < -0.39 is 0 Å². The number of rotatable bonds is 6. The molecule has 28 heavy (non-hydrogen) atoms. The molecular weight excluding hydrogens is 418 g/mol. The normalized spacial score (nSPS) is 13.0. The third-order valence-corrected chi connectivity index (χ3v) is 5.31. The predicted molar refractivity (Wildman–Crippen MR) is 112 cm³/mol. The molecule has 1 aliphatic rings. The number of pyridine rings is 1. The maximum absolute atomic E-state index is 12.3. The minimum Gasteiger partial charge on any atom is -0.310 e. The highest BCUT2D eigenvalue weighted by Gasteiger charge is 2.24. The number of anilines is 1. The van der Waals surface area contributed by atoms with E-state index >= 15 is 0 Å². The SMILES string of the molecule is CN(CC(=O)Nc1ccc(Br)cn1)Cc1nn(-c2ccccc2)c2c1CCC2. The Morgan fingerprint density at radius 1 is 1.21 bits per heavy atom. The van der Waals surface area contributed by atoms with E-state index in [-0.39, 0.29) is 12.5 Å². The summed E-state index contributed by atoms with van der Waals surface area (Å²) in [6, 6.07) is 13.9. The van der Waals surface area contributed by atoms with E-state index in [1.807, 2.05) is 36.2 Å². The highest BCUT2D eigenvalue weighted by atomic mass is 79.9. The molecule has 7 heteroatoms. The first-order valence-electron chi connectivity index (χ1n) is 9.35. The average molecular weight is 440 g/mol. The highest BCUT2D eigenvalue weighted by Crippen LogP contribution is 2.28. The number of benzene rings is 1. The van der Waals surface area contributed by atoms with E-state index in [1.54, 1.807) is 12.3 Å². The molecule has 4 rings (SSSR count). The number of nitrogens with zero attached hydrogens (tertiary/aromatic N) is 4. The second-order valence-electron chi connectivity index (χ2n) is 7.05. The van der Waals surface area contributed by atoms with Crippen molar-refractivity contribution in [2.45, 2.75) is 25.8 Å². The van der Waals surface area contributed by atoms with Gasteiger partial charge in [0.1, 0.15) is 5.82 Å². The van der Waals surface area contributed by atoms with Crippen molar-refractivity contribution in [2.75, 3.05) is 18.9 Å². The quantitative estimate of drug-likeness (QED) is 0.637. The maximum Gasteiger partial charge on any atom is 0.239 e. The summed E-state index contributed by atoms with van der Waals surface area (Å²) in [6.45, 7) is 0.925. The number of amides is 1. The minimum absolute atomic E-state index is 0.0866. The zero-order valence-corrected chi connectivity index (χ0v) is 17.3. The third-order valence-electron chi connectivity index (χ3n) is 4.84. The van der Waals surface area contributed by atoms with Crippen LogP contribution in [0.4, 0.5) is 5.82 Å². The standard InChI is InChI=1S/C21H22BrN5O/c1-26(14-21(28)24-20-11-10-15(22)12-23-20)13-18-17-8-5-9-19(17)27(25-18)16-6-3-2-4-7-16/h2-4,6-7,10-12H,5,8-9,13-14H2,1H3,(H,23,24,28). The smallest absolute Gasteiger partial charge is 0.239 e. The van der Waals surface area contributed by atoms with Crippen molar-refractivity contribution in [3.05, 3.63) is 70.1 Å². The molecule has 144 valence electrons. The van der Waals surface area contributed by atoms with Crippen LogP contribution in [0, 0.1) is 0 Å². The van der Waals surface area contributed by atoms with E-state index in [0.717, 1.165) is 35.1 Å². The zero-order valence-electron chi connectivity index (χ0n) is 15.7. The molecule has 0 unspecified atom stereocenters. The van der Waals surface area contributed by atoms with E-state index in [0.29, 0.717) is 12.4 Å². The van der Waals surface area contributed by atoms with Gasteiger partial charge in [0, 0.05) is 22.9 Å². The van der Waals surface area contributed by atoms with Gasteiger partial charge in [-0.15, -0.1) is 0 Å². The number of nitrogens with one attached hydrogen (secondary N) is 1. The summed E-state index contributed by atoms with van der Waals surface area (Å²) < 4.78 is 2.95. The molecule has 3 aromatic rings. The first kappa shape index (κ1) is 18.8. The Kier molecular flexibility index (Phi) is 5.54. The second-order valence-corrected chi connectivity index (χ2v) is 7.97. The molecule has 0 bridgehead atoms. The molecule has 1 amide bonds. The van der Waals surface area contributed by atoms with Gasteiger partial charge in [0.25, 0.3) is 0 Å². The second kappa shape index (κ2) is 8.24. The average Bonchev–Trinajstić information content (AvgIpc) is 3.28. The molecule has 6 nitrogen and oxygen atoms in total. The summed E-state index contributed by atoms with van der Waals surface area (Å²) in [5, 5.41) is 7.70. The van der Waals surface area contributed by atoms with Crippen molar-refractivity contribution in [3.8, 4) is 5.69 Å². The number of hydrogen-bond acceptors (Lipinski definition) is 4. The fourth-order valence-corrected chi connectivity index (χ4v) is 3.85. The lowest BCUT2D eigenvalue weighted by molar-refractivity contribution is -0.117. The Morgan fingerprint density at radius 3 is 2.79 bits per heavy atom. The van der Waals surface area contributed by atoms with Crippen LogP contribution in [0.15, 0.2) is 53.1 Å². The van der Waals surface area contributed by atoms with Crippen molar-refractivity contribution in [1.29, 1.82) is 0 Å². The molecule has 0 spiro atoms.